The first-order valence-corrected chi connectivity index (χ1v) is 8.03. The van der Waals surface area contributed by atoms with Crippen molar-refractivity contribution < 1.29 is 14.7 Å². The van der Waals surface area contributed by atoms with Crippen LogP contribution in [-0.4, -0.2) is 37.2 Å². The molecule has 1 aliphatic heterocycles. The molecule has 1 aromatic heterocycles. The molecular formula is C15H16N2O3S2. The number of carboxylic acids is 1. The van der Waals surface area contributed by atoms with E-state index in [9.17, 15) is 14.7 Å². The summed E-state index contributed by atoms with van der Waals surface area (Å²) in [4.78, 5) is 29.7. The van der Waals surface area contributed by atoms with Gasteiger partial charge in [-0.2, -0.15) is 0 Å². The van der Waals surface area contributed by atoms with E-state index in [1.807, 2.05) is 19.9 Å². The Kier molecular flexibility index (Phi) is 5.31. The number of aromatic nitrogens is 1. The zero-order chi connectivity index (χ0) is 16.3. The maximum Gasteiger partial charge on any atom is 0.326 e. The Hall–Kier alpha value is -1.73. The molecule has 1 N–H and O–H groups in total. The number of carbonyl (C=O) groups excluding carboxylic acids is 1. The number of pyridine rings is 1. The summed E-state index contributed by atoms with van der Waals surface area (Å²) in [5.41, 5.74) is 0.638. The topological polar surface area (TPSA) is 70.5 Å². The van der Waals surface area contributed by atoms with Gasteiger partial charge >= 0.3 is 5.97 Å². The van der Waals surface area contributed by atoms with E-state index in [4.69, 9.17) is 12.2 Å². The van der Waals surface area contributed by atoms with E-state index in [2.05, 4.69) is 4.98 Å². The van der Waals surface area contributed by atoms with E-state index in [1.165, 1.54) is 4.90 Å². The normalized spacial score (nSPS) is 18.3. The van der Waals surface area contributed by atoms with Gasteiger partial charge in [-0.3, -0.25) is 14.7 Å². The summed E-state index contributed by atoms with van der Waals surface area (Å²) in [5, 5.41) is 9.40. The molecule has 0 radical (unpaired) electrons. The first-order valence-electron chi connectivity index (χ1n) is 6.81. The minimum absolute atomic E-state index is 0.144. The molecule has 2 heterocycles. The number of nitrogens with zero attached hydrogens (tertiary/aromatic N) is 2. The average Bonchev–Trinajstić information content (AvgIpc) is 2.72. The molecule has 0 aromatic carbocycles. The largest absolute Gasteiger partial charge is 0.480 e. The van der Waals surface area contributed by atoms with Gasteiger partial charge in [-0.15, -0.1) is 0 Å². The van der Waals surface area contributed by atoms with Crippen LogP contribution in [0.2, 0.25) is 0 Å². The van der Waals surface area contributed by atoms with Gasteiger partial charge in [0.25, 0.3) is 5.91 Å². The molecule has 0 aliphatic carbocycles. The van der Waals surface area contributed by atoms with E-state index < -0.39 is 12.0 Å². The van der Waals surface area contributed by atoms with Crippen LogP contribution in [0.3, 0.4) is 0 Å². The Balaban J connectivity index is 2.28. The Morgan fingerprint density at radius 1 is 1.50 bits per heavy atom. The summed E-state index contributed by atoms with van der Waals surface area (Å²) < 4.78 is 0.278. The molecule has 22 heavy (non-hydrogen) atoms. The summed E-state index contributed by atoms with van der Waals surface area (Å²) in [6.45, 7) is 3.83. The number of hydrogen-bond acceptors (Lipinski definition) is 5. The van der Waals surface area contributed by atoms with Crippen molar-refractivity contribution in [3.63, 3.8) is 0 Å². The lowest BCUT2D eigenvalue weighted by atomic mass is 10.0. The number of thioether (sulfide) groups is 1. The Bertz CT molecular complexity index is 629. The number of thiocarbonyl (C=S) groups is 1. The highest BCUT2D eigenvalue weighted by atomic mass is 32.2. The van der Waals surface area contributed by atoms with Gasteiger partial charge in [-0.05, 0) is 30.5 Å². The number of rotatable bonds is 5. The molecule has 7 heteroatoms. The van der Waals surface area contributed by atoms with Gasteiger partial charge in [0.15, 0.2) is 0 Å². The molecule has 1 fully saturated rings. The minimum atomic E-state index is -1.04. The molecule has 1 aromatic rings. The predicted octanol–water partition coefficient (Wildman–Crippen LogP) is 2.78. The molecule has 0 bridgehead atoms. The number of carboxylic acid groups (broad SMARTS) is 1. The highest BCUT2D eigenvalue weighted by molar-refractivity contribution is 8.26. The highest BCUT2D eigenvalue weighted by Gasteiger charge is 2.40. The van der Waals surface area contributed by atoms with E-state index in [-0.39, 0.29) is 16.1 Å². The van der Waals surface area contributed by atoms with Gasteiger partial charge in [-0.25, -0.2) is 4.79 Å². The van der Waals surface area contributed by atoms with Crippen molar-refractivity contribution in [3.05, 3.63) is 35.0 Å². The molecule has 1 aliphatic rings. The van der Waals surface area contributed by atoms with E-state index in [0.717, 1.165) is 11.8 Å². The maximum absolute atomic E-state index is 12.5. The van der Waals surface area contributed by atoms with Crippen molar-refractivity contribution >= 4 is 46.3 Å². The molecular weight excluding hydrogens is 320 g/mol. The fraction of sp³-hybridized carbons (Fsp3) is 0.333. The van der Waals surface area contributed by atoms with Gasteiger partial charge in [0.05, 0.1) is 10.6 Å². The molecule has 116 valence electrons. The fourth-order valence-electron chi connectivity index (χ4n) is 2.11. The molecule has 1 amide bonds. The van der Waals surface area contributed by atoms with E-state index >= 15 is 0 Å². The lowest BCUT2D eigenvalue weighted by molar-refractivity contribution is -0.145. The van der Waals surface area contributed by atoms with Gasteiger partial charge < -0.3 is 5.11 Å². The minimum Gasteiger partial charge on any atom is -0.480 e. The summed E-state index contributed by atoms with van der Waals surface area (Å²) in [7, 11) is 0. The van der Waals surface area contributed by atoms with E-state index in [0.29, 0.717) is 17.0 Å². The number of carbonyl (C=O) groups is 2. The third-order valence-corrected chi connectivity index (χ3v) is 4.41. The lowest BCUT2D eigenvalue weighted by Gasteiger charge is -2.24. The van der Waals surface area contributed by atoms with Crippen LogP contribution >= 0.6 is 24.0 Å². The van der Waals surface area contributed by atoms with Gasteiger partial charge in [-0.1, -0.05) is 43.9 Å². The Morgan fingerprint density at radius 2 is 2.23 bits per heavy atom. The van der Waals surface area contributed by atoms with Gasteiger partial charge in [0.1, 0.15) is 10.4 Å². The third kappa shape index (κ3) is 3.72. The van der Waals surface area contributed by atoms with Crippen LogP contribution in [-0.2, 0) is 9.59 Å². The fourth-order valence-corrected chi connectivity index (χ4v) is 3.45. The quantitative estimate of drug-likeness (QED) is 0.658. The Labute approximate surface area is 138 Å². The lowest BCUT2D eigenvalue weighted by Crippen LogP contribution is -2.44. The summed E-state index contributed by atoms with van der Waals surface area (Å²) in [6.07, 6.45) is 3.62. The van der Waals surface area contributed by atoms with Crippen molar-refractivity contribution in [2.75, 3.05) is 0 Å². The summed E-state index contributed by atoms with van der Waals surface area (Å²) in [5.74, 6) is -1.26. The van der Waals surface area contributed by atoms with Crippen molar-refractivity contribution in [3.8, 4) is 0 Å². The second-order valence-electron chi connectivity index (χ2n) is 5.29. The third-order valence-electron chi connectivity index (χ3n) is 3.08. The molecule has 1 unspecified atom stereocenters. The second-order valence-corrected chi connectivity index (χ2v) is 6.97. The van der Waals surface area contributed by atoms with Crippen molar-refractivity contribution in [1.82, 2.24) is 9.88 Å². The zero-order valence-electron chi connectivity index (χ0n) is 12.2. The molecule has 1 saturated heterocycles. The predicted molar refractivity (Wildman–Crippen MR) is 90.1 cm³/mol. The van der Waals surface area contributed by atoms with Crippen molar-refractivity contribution in [1.29, 1.82) is 0 Å². The first kappa shape index (κ1) is 16.6. The van der Waals surface area contributed by atoms with Crippen molar-refractivity contribution in [2.45, 2.75) is 26.3 Å². The van der Waals surface area contributed by atoms with Gasteiger partial charge in [0, 0.05) is 6.20 Å². The first-order chi connectivity index (χ1) is 10.4. The van der Waals surface area contributed by atoms with E-state index in [1.54, 1.807) is 24.4 Å². The highest BCUT2D eigenvalue weighted by Crippen LogP contribution is 2.35. The maximum atomic E-state index is 12.5. The zero-order valence-corrected chi connectivity index (χ0v) is 13.9. The molecule has 5 nitrogen and oxygen atoms in total. The number of hydrogen-bond donors (Lipinski definition) is 1. The summed E-state index contributed by atoms with van der Waals surface area (Å²) in [6, 6.07) is 4.45. The monoisotopic (exact) mass is 336 g/mol. The van der Waals surface area contributed by atoms with Crippen LogP contribution in [0.15, 0.2) is 29.3 Å². The van der Waals surface area contributed by atoms with Crippen LogP contribution < -0.4 is 0 Å². The van der Waals surface area contributed by atoms with Crippen molar-refractivity contribution in [2.24, 2.45) is 5.92 Å². The van der Waals surface area contributed by atoms with Gasteiger partial charge in [0.2, 0.25) is 0 Å². The summed E-state index contributed by atoms with van der Waals surface area (Å²) >= 11 is 6.32. The standard InChI is InChI=1S/C15H16N2O3S2/c1-9(2)7-11(14(19)20)17-13(18)12(22-15(17)21)8-10-5-3-4-6-16-10/h3-6,8-9,11H,7H2,1-2H3,(H,19,20)/b12-8-. The smallest absolute Gasteiger partial charge is 0.326 e. The second kappa shape index (κ2) is 7.02. The van der Waals surface area contributed by atoms with Crippen LogP contribution in [0, 0.1) is 5.92 Å². The van der Waals surface area contributed by atoms with Crippen LogP contribution in [0.5, 0.6) is 0 Å². The Morgan fingerprint density at radius 3 is 2.77 bits per heavy atom. The molecule has 0 spiro atoms. The molecule has 1 atom stereocenters. The average molecular weight is 336 g/mol. The van der Waals surface area contributed by atoms with Crippen LogP contribution in [0.25, 0.3) is 6.08 Å². The SMILES string of the molecule is CC(C)CC(C(=O)O)N1C(=O)/C(=C/c2ccccn2)SC1=S. The number of aliphatic carboxylic acids is 1. The number of amides is 1. The molecule has 2 rings (SSSR count). The van der Waals surface area contributed by atoms with Crippen LogP contribution in [0.1, 0.15) is 26.0 Å². The van der Waals surface area contributed by atoms with Crippen LogP contribution in [0.4, 0.5) is 0 Å². The molecule has 0 saturated carbocycles.